The number of allylic oxidation sites excluding steroid dienone is 2. The monoisotopic (exact) mass is 662 g/mol. The first-order valence-electron chi connectivity index (χ1n) is 15.2. The number of halogens is 1. The second-order valence-electron chi connectivity index (χ2n) is 12.3. The molecule has 1 aliphatic heterocycles. The van der Waals surface area contributed by atoms with Crippen LogP contribution in [-0.4, -0.2) is 35.2 Å². The van der Waals surface area contributed by atoms with Crippen molar-refractivity contribution in [1.29, 1.82) is 0 Å². The van der Waals surface area contributed by atoms with Crippen LogP contribution < -0.4 is 4.90 Å². The molecule has 45 heavy (non-hydrogen) atoms. The summed E-state index contributed by atoms with van der Waals surface area (Å²) in [7, 11) is 0. The Hall–Kier alpha value is -4.43. The molecule has 226 valence electrons. The minimum atomic E-state index is -0.626. The number of carbonyl (C=O) groups excluding carboxylic acids is 4. The molecule has 2 aliphatic carbocycles. The van der Waals surface area contributed by atoms with Gasteiger partial charge in [0.15, 0.2) is 12.4 Å². The van der Waals surface area contributed by atoms with Gasteiger partial charge in [-0.1, -0.05) is 76.5 Å². The molecule has 2 amide bonds. The van der Waals surface area contributed by atoms with Crippen LogP contribution in [0.4, 0.5) is 5.69 Å². The van der Waals surface area contributed by atoms with Crippen molar-refractivity contribution in [1.82, 2.24) is 4.98 Å². The van der Waals surface area contributed by atoms with Crippen LogP contribution in [-0.2, 0) is 20.7 Å². The lowest BCUT2D eigenvalue weighted by Crippen LogP contribution is -2.32. The van der Waals surface area contributed by atoms with E-state index in [0.29, 0.717) is 45.4 Å². The molecule has 7 rings (SSSR count). The van der Waals surface area contributed by atoms with Crippen molar-refractivity contribution < 1.29 is 23.9 Å². The van der Waals surface area contributed by atoms with Gasteiger partial charge in [0, 0.05) is 21.0 Å². The number of carbonyl (C=O) groups is 4. The number of fused-ring (bicyclic) bond motifs is 6. The number of rotatable bonds is 7. The van der Waals surface area contributed by atoms with Gasteiger partial charge in [-0.15, -0.1) is 0 Å². The zero-order chi connectivity index (χ0) is 31.6. The Balaban J connectivity index is 1.20. The van der Waals surface area contributed by atoms with E-state index in [0.717, 1.165) is 22.0 Å². The van der Waals surface area contributed by atoms with E-state index in [4.69, 9.17) is 9.72 Å². The highest BCUT2D eigenvalue weighted by Gasteiger charge is 2.60. The van der Waals surface area contributed by atoms with Gasteiger partial charge in [-0.25, -0.2) is 9.78 Å². The van der Waals surface area contributed by atoms with E-state index in [9.17, 15) is 19.2 Å². The van der Waals surface area contributed by atoms with Crippen molar-refractivity contribution in [2.75, 3.05) is 11.5 Å². The van der Waals surface area contributed by atoms with E-state index in [1.807, 2.05) is 50.2 Å². The fourth-order valence-electron chi connectivity index (χ4n) is 7.29. The Morgan fingerprint density at radius 1 is 0.956 bits per heavy atom. The highest BCUT2D eigenvalue weighted by Crippen LogP contribution is 2.56. The van der Waals surface area contributed by atoms with Crippen LogP contribution >= 0.6 is 15.9 Å². The van der Waals surface area contributed by atoms with Gasteiger partial charge in [0.1, 0.15) is 0 Å². The van der Waals surface area contributed by atoms with E-state index >= 15 is 0 Å². The summed E-state index contributed by atoms with van der Waals surface area (Å²) in [5, 5.41) is 0.618. The van der Waals surface area contributed by atoms with Crippen LogP contribution in [0.15, 0.2) is 82.9 Å². The Labute approximate surface area is 269 Å². The number of ether oxygens (including phenoxy) is 1. The predicted molar refractivity (Wildman–Crippen MR) is 175 cm³/mol. The number of anilines is 1. The number of Topliss-reactive ketones (excluding diaryl/α,β-unsaturated/α-hetero) is 1. The lowest BCUT2D eigenvalue weighted by molar-refractivity contribution is -0.123. The maximum Gasteiger partial charge on any atom is 0.339 e. The first-order valence-corrected chi connectivity index (χ1v) is 16.0. The number of imide groups is 1. The largest absolute Gasteiger partial charge is 0.454 e. The average molecular weight is 664 g/mol. The van der Waals surface area contributed by atoms with E-state index in [-0.39, 0.29) is 47.9 Å². The third kappa shape index (κ3) is 4.92. The van der Waals surface area contributed by atoms with Gasteiger partial charge in [-0.2, -0.15) is 0 Å². The number of ketones is 1. The van der Waals surface area contributed by atoms with E-state index in [1.165, 1.54) is 10.5 Å². The number of benzene rings is 3. The summed E-state index contributed by atoms with van der Waals surface area (Å²) in [6.45, 7) is 5.63. The van der Waals surface area contributed by atoms with Gasteiger partial charge in [-0.3, -0.25) is 19.3 Å². The summed E-state index contributed by atoms with van der Waals surface area (Å²) >= 11 is 3.55. The topological polar surface area (TPSA) is 93.6 Å². The fourth-order valence-corrected chi connectivity index (χ4v) is 7.79. The fraction of sp³-hybridized carbons (Fsp3) is 0.270. The molecule has 0 spiro atoms. The van der Waals surface area contributed by atoms with Crippen molar-refractivity contribution in [3.63, 3.8) is 0 Å². The Morgan fingerprint density at radius 2 is 1.67 bits per heavy atom. The van der Waals surface area contributed by atoms with Crippen molar-refractivity contribution >= 4 is 56.1 Å². The second-order valence-corrected chi connectivity index (χ2v) is 13.2. The minimum absolute atomic E-state index is 0.120. The first kappa shape index (κ1) is 29.3. The standard InChI is InChI=1S/C37H31BrN2O5/c1-4-21-14-25(38)16-28-29(37(44)45-18-31(41)23-7-5-19(2)6-8-23)17-30(39-34(21)28)22-9-11-26(12-10-22)40-35(42)32-24-13-20(3)27(15-24)33(32)36(40)43/h5-14,16-17,24,27,32-33H,4,15,18H2,1-3H3. The van der Waals surface area contributed by atoms with Gasteiger partial charge in [0.25, 0.3) is 0 Å². The summed E-state index contributed by atoms with van der Waals surface area (Å²) in [5.41, 5.74) is 6.42. The van der Waals surface area contributed by atoms with Gasteiger partial charge in [0.2, 0.25) is 11.8 Å². The third-order valence-corrected chi connectivity index (χ3v) is 10.0. The number of hydrogen-bond donors (Lipinski definition) is 0. The summed E-state index contributed by atoms with van der Waals surface area (Å²) in [6.07, 6.45) is 3.74. The van der Waals surface area contributed by atoms with Crippen LogP contribution in [0.25, 0.3) is 22.2 Å². The molecule has 2 bridgehead atoms. The van der Waals surface area contributed by atoms with Crippen molar-refractivity contribution in [3.8, 4) is 11.3 Å². The molecule has 7 nitrogen and oxygen atoms in total. The van der Waals surface area contributed by atoms with Crippen LogP contribution in [0, 0.1) is 30.6 Å². The molecule has 2 heterocycles. The maximum atomic E-state index is 13.5. The molecular formula is C37H31BrN2O5. The number of aromatic nitrogens is 1. The van der Waals surface area contributed by atoms with Crippen molar-refractivity contribution in [3.05, 3.63) is 105 Å². The Morgan fingerprint density at radius 3 is 2.38 bits per heavy atom. The molecule has 3 aliphatic rings. The molecule has 4 unspecified atom stereocenters. The molecular weight excluding hydrogens is 632 g/mol. The number of pyridine rings is 1. The van der Waals surface area contributed by atoms with Crippen LogP contribution in [0.5, 0.6) is 0 Å². The molecule has 1 saturated carbocycles. The molecule has 4 atom stereocenters. The van der Waals surface area contributed by atoms with E-state index < -0.39 is 5.97 Å². The number of hydrogen-bond acceptors (Lipinski definition) is 6. The van der Waals surface area contributed by atoms with Crippen LogP contribution in [0.2, 0.25) is 0 Å². The summed E-state index contributed by atoms with van der Waals surface area (Å²) in [4.78, 5) is 59.4. The number of amides is 2. The quantitative estimate of drug-likeness (QED) is 0.0894. The van der Waals surface area contributed by atoms with Gasteiger partial charge < -0.3 is 4.74 Å². The van der Waals surface area contributed by atoms with Crippen LogP contribution in [0.3, 0.4) is 0 Å². The zero-order valence-corrected chi connectivity index (χ0v) is 26.8. The maximum absolute atomic E-state index is 13.5. The predicted octanol–water partition coefficient (Wildman–Crippen LogP) is 7.28. The third-order valence-electron chi connectivity index (χ3n) is 9.57. The number of aryl methyl sites for hydroxylation is 2. The Kier molecular flexibility index (Phi) is 7.28. The number of esters is 1. The number of nitrogens with zero attached hydrogens (tertiary/aromatic N) is 2. The molecule has 8 heteroatoms. The average Bonchev–Trinajstić information content (AvgIpc) is 3.68. The SMILES string of the molecule is CCc1cc(Br)cc2c(C(=O)OCC(=O)c3ccc(C)cc3)cc(-c3ccc(N4C(=O)C5C6C=C(C)C(C6)C5C4=O)cc3)nc12. The molecule has 0 N–H and O–H groups in total. The molecule has 1 aromatic heterocycles. The zero-order valence-electron chi connectivity index (χ0n) is 25.2. The molecule has 0 radical (unpaired) electrons. The molecule has 2 fully saturated rings. The Bertz CT molecular complexity index is 1950. The lowest BCUT2D eigenvalue weighted by atomic mass is 9.82. The van der Waals surface area contributed by atoms with Gasteiger partial charge >= 0.3 is 5.97 Å². The van der Waals surface area contributed by atoms with E-state index in [1.54, 1.807) is 30.3 Å². The van der Waals surface area contributed by atoms with Crippen LogP contribution in [0.1, 0.15) is 52.1 Å². The summed E-state index contributed by atoms with van der Waals surface area (Å²) in [5.74, 6) is -1.41. The molecule has 4 aromatic rings. The first-order chi connectivity index (χ1) is 21.6. The summed E-state index contributed by atoms with van der Waals surface area (Å²) < 4.78 is 6.35. The van der Waals surface area contributed by atoms with E-state index in [2.05, 4.69) is 28.9 Å². The van der Waals surface area contributed by atoms with Gasteiger partial charge in [0.05, 0.1) is 34.3 Å². The smallest absolute Gasteiger partial charge is 0.339 e. The highest BCUT2D eigenvalue weighted by atomic mass is 79.9. The van der Waals surface area contributed by atoms with Crippen molar-refractivity contribution in [2.45, 2.75) is 33.6 Å². The van der Waals surface area contributed by atoms with Gasteiger partial charge in [-0.05, 0) is 74.4 Å². The normalized spacial score (nSPS) is 21.8. The summed E-state index contributed by atoms with van der Waals surface area (Å²) in [6, 6.07) is 19.8. The minimum Gasteiger partial charge on any atom is -0.454 e. The lowest BCUT2D eigenvalue weighted by Gasteiger charge is -2.19. The van der Waals surface area contributed by atoms with Crippen molar-refractivity contribution in [2.24, 2.45) is 23.7 Å². The highest BCUT2D eigenvalue weighted by molar-refractivity contribution is 9.10. The molecule has 3 aromatic carbocycles. The second kappa shape index (κ2) is 11.2. The molecule has 1 saturated heterocycles.